The lowest BCUT2D eigenvalue weighted by Crippen LogP contribution is -2.20. The van der Waals surface area contributed by atoms with Crippen LogP contribution in [-0.4, -0.2) is 6.54 Å². The van der Waals surface area contributed by atoms with Gasteiger partial charge in [0.15, 0.2) is 0 Å². The summed E-state index contributed by atoms with van der Waals surface area (Å²) in [5.41, 5.74) is 9.05. The fourth-order valence-electron chi connectivity index (χ4n) is 2.50. The third kappa shape index (κ3) is 2.26. The minimum Gasteiger partial charge on any atom is -0.399 e. The zero-order valence-electron chi connectivity index (χ0n) is 10.4. The van der Waals surface area contributed by atoms with Gasteiger partial charge in [-0.15, -0.1) is 0 Å². The smallest absolute Gasteiger partial charge is 0.128 e. The number of nitrogen functional groups attached to an aromatic ring is 1. The number of halogens is 2. The van der Waals surface area contributed by atoms with Crippen LogP contribution in [0.15, 0.2) is 36.4 Å². The highest BCUT2D eigenvalue weighted by Crippen LogP contribution is 2.31. The van der Waals surface area contributed by atoms with Crippen LogP contribution in [0.3, 0.4) is 0 Å². The normalized spacial score (nSPS) is 13.7. The molecule has 0 radical (unpaired) electrons. The van der Waals surface area contributed by atoms with Crippen molar-refractivity contribution in [2.24, 2.45) is 0 Å². The first-order valence-corrected chi connectivity index (χ1v) is 6.21. The van der Waals surface area contributed by atoms with E-state index >= 15 is 0 Å². The predicted octanol–water partition coefficient (Wildman–Crippen LogP) is 3.11. The monoisotopic (exact) mass is 260 g/mol. The molecule has 1 aliphatic heterocycles. The number of fused-ring (bicyclic) bond motifs is 1. The van der Waals surface area contributed by atoms with Gasteiger partial charge in [-0.1, -0.05) is 6.07 Å². The lowest BCUT2D eigenvalue weighted by molar-refractivity contribution is 0.582. The molecule has 0 aromatic heterocycles. The van der Waals surface area contributed by atoms with Crippen molar-refractivity contribution in [3.05, 3.63) is 59.2 Å². The first-order chi connectivity index (χ1) is 9.13. The molecular formula is C15H14F2N2. The van der Waals surface area contributed by atoms with Crippen molar-refractivity contribution in [3.8, 4) is 0 Å². The summed E-state index contributed by atoms with van der Waals surface area (Å²) in [5, 5.41) is 0. The second-order valence-corrected chi connectivity index (χ2v) is 4.80. The Balaban J connectivity index is 1.90. The fourth-order valence-corrected chi connectivity index (χ4v) is 2.50. The maximum Gasteiger partial charge on any atom is 0.128 e. The molecule has 0 unspecified atom stereocenters. The van der Waals surface area contributed by atoms with Crippen LogP contribution in [0.5, 0.6) is 0 Å². The Morgan fingerprint density at radius 3 is 2.79 bits per heavy atom. The molecule has 0 bridgehead atoms. The number of hydrogen-bond acceptors (Lipinski definition) is 2. The molecule has 1 heterocycles. The van der Waals surface area contributed by atoms with Gasteiger partial charge >= 0.3 is 0 Å². The summed E-state index contributed by atoms with van der Waals surface area (Å²) >= 11 is 0. The lowest BCUT2D eigenvalue weighted by atomic mass is 10.1. The molecule has 2 aromatic carbocycles. The standard InChI is InChI=1S/C15H14F2N2/c16-12-2-4-14(17)11(7-12)9-19-6-5-10-1-3-13(18)8-15(10)19/h1-4,7-8H,5-6,9,18H2. The minimum absolute atomic E-state index is 0.361. The van der Waals surface area contributed by atoms with Crippen molar-refractivity contribution in [3.63, 3.8) is 0 Å². The van der Waals surface area contributed by atoms with E-state index in [9.17, 15) is 8.78 Å². The molecule has 1 aliphatic rings. The van der Waals surface area contributed by atoms with Crippen molar-refractivity contribution in [2.45, 2.75) is 13.0 Å². The highest BCUT2D eigenvalue weighted by molar-refractivity contribution is 5.64. The summed E-state index contributed by atoms with van der Waals surface area (Å²) in [6, 6.07) is 9.30. The largest absolute Gasteiger partial charge is 0.399 e. The molecule has 0 saturated heterocycles. The Morgan fingerprint density at radius 1 is 1.11 bits per heavy atom. The van der Waals surface area contributed by atoms with Gasteiger partial charge < -0.3 is 10.6 Å². The average molecular weight is 260 g/mol. The van der Waals surface area contributed by atoms with Crippen LogP contribution in [0.2, 0.25) is 0 Å². The summed E-state index contributed by atoms with van der Waals surface area (Å²) in [6.45, 7) is 1.16. The Bertz CT molecular complexity index is 626. The van der Waals surface area contributed by atoms with E-state index in [1.54, 1.807) is 0 Å². The van der Waals surface area contributed by atoms with Gasteiger partial charge in [-0.05, 0) is 42.3 Å². The molecule has 98 valence electrons. The molecule has 0 atom stereocenters. The zero-order valence-corrected chi connectivity index (χ0v) is 10.4. The highest BCUT2D eigenvalue weighted by atomic mass is 19.1. The van der Waals surface area contributed by atoms with Crippen LogP contribution in [0.4, 0.5) is 20.2 Å². The van der Waals surface area contributed by atoms with Crippen LogP contribution in [0.25, 0.3) is 0 Å². The maximum absolute atomic E-state index is 13.7. The Kier molecular flexibility index (Phi) is 2.85. The van der Waals surface area contributed by atoms with Crippen LogP contribution in [0, 0.1) is 11.6 Å². The van der Waals surface area contributed by atoms with Gasteiger partial charge in [0.2, 0.25) is 0 Å². The summed E-state index contributed by atoms with van der Waals surface area (Å²) in [6.07, 6.45) is 0.909. The Morgan fingerprint density at radius 2 is 1.95 bits per heavy atom. The fraction of sp³-hybridized carbons (Fsp3) is 0.200. The maximum atomic E-state index is 13.7. The van der Waals surface area contributed by atoms with Crippen molar-refractivity contribution in [2.75, 3.05) is 17.2 Å². The van der Waals surface area contributed by atoms with Crippen LogP contribution in [0.1, 0.15) is 11.1 Å². The number of nitrogens with two attached hydrogens (primary N) is 1. The number of rotatable bonds is 2. The molecule has 2 nitrogen and oxygen atoms in total. The van der Waals surface area contributed by atoms with Gasteiger partial charge in [0.1, 0.15) is 11.6 Å². The van der Waals surface area contributed by atoms with Gasteiger partial charge in [-0.2, -0.15) is 0 Å². The van der Waals surface area contributed by atoms with Crippen LogP contribution < -0.4 is 10.6 Å². The third-order valence-corrected chi connectivity index (χ3v) is 3.47. The van der Waals surface area contributed by atoms with E-state index in [-0.39, 0.29) is 5.82 Å². The molecule has 4 heteroatoms. The van der Waals surface area contributed by atoms with E-state index in [0.29, 0.717) is 17.8 Å². The topological polar surface area (TPSA) is 29.3 Å². The second kappa shape index (κ2) is 4.53. The minimum atomic E-state index is -0.414. The van der Waals surface area contributed by atoms with Crippen molar-refractivity contribution >= 4 is 11.4 Å². The molecule has 2 N–H and O–H groups in total. The van der Waals surface area contributed by atoms with E-state index < -0.39 is 5.82 Å². The Hall–Kier alpha value is -2.10. The van der Waals surface area contributed by atoms with E-state index in [1.807, 2.05) is 23.1 Å². The molecule has 0 fully saturated rings. The van der Waals surface area contributed by atoms with Crippen LogP contribution in [-0.2, 0) is 13.0 Å². The number of hydrogen-bond donors (Lipinski definition) is 1. The molecule has 2 aromatic rings. The molecular weight excluding hydrogens is 246 g/mol. The summed E-state index contributed by atoms with van der Waals surface area (Å²) in [5.74, 6) is -0.790. The van der Waals surface area contributed by atoms with Gasteiger partial charge in [0.05, 0.1) is 0 Å². The number of benzene rings is 2. The SMILES string of the molecule is Nc1ccc2c(c1)N(Cc1cc(F)ccc1F)CC2. The quantitative estimate of drug-likeness (QED) is 0.841. The first-order valence-electron chi connectivity index (χ1n) is 6.21. The molecule has 0 aliphatic carbocycles. The van der Waals surface area contributed by atoms with Crippen LogP contribution >= 0.6 is 0 Å². The van der Waals surface area contributed by atoms with Crippen molar-refractivity contribution in [1.29, 1.82) is 0 Å². The van der Waals surface area contributed by atoms with E-state index in [1.165, 1.54) is 17.7 Å². The second-order valence-electron chi connectivity index (χ2n) is 4.80. The third-order valence-electron chi connectivity index (χ3n) is 3.47. The van der Waals surface area contributed by atoms with Gasteiger partial charge in [0, 0.05) is 30.0 Å². The van der Waals surface area contributed by atoms with Crippen molar-refractivity contribution < 1.29 is 8.78 Å². The summed E-state index contributed by atoms with van der Waals surface area (Å²) < 4.78 is 26.8. The number of anilines is 2. The Labute approximate surface area is 110 Å². The number of nitrogens with zero attached hydrogens (tertiary/aromatic N) is 1. The lowest BCUT2D eigenvalue weighted by Gasteiger charge is -2.20. The molecule has 19 heavy (non-hydrogen) atoms. The average Bonchev–Trinajstić information content (AvgIpc) is 2.77. The van der Waals surface area contributed by atoms with E-state index in [2.05, 4.69) is 0 Å². The van der Waals surface area contributed by atoms with Gasteiger partial charge in [-0.25, -0.2) is 8.78 Å². The van der Waals surface area contributed by atoms with Gasteiger partial charge in [0.25, 0.3) is 0 Å². The van der Waals surface area contributed by atoms with Gasteiger partial charge in [-0.3, -0.25) is 0 Å². The molecule has 0 spiro atoms. The summed E-state index contributed by atoms with van der Waals surface area (Å²) in [7, 11) is 0. The van der Waals surface area contributed by atoms with E-state index in [0.717, 1.165) is 24.7 Å². The predicted molar refractivity (Wildman–Crippen MR) is 72.0 cm³/mol. The molecule has 3 rings (SSSR count). The zero-order chi connectivity index (χ0) is 13.4. The first kappa shape index (κ1) is 12.0. The molecule has 0 amide bonds. The highest BCUT2D eigenvalue weighted by Gasteiger charge is 2.20. The molecule has 0 saturated carbocycles. The van der Waals surface area contributed by atoms with E-state index in [4.69, 9.17) is 5.73 Å². The van der Waals surface area contributed by atoms with Crippen molar-refractivity contribution in [1.82, 2.24) is 0 Å². The summed E-state index contributed by atoms with van der Waals surface area (Å²) in [4.78, 5) is 2.03.